The molecule has 26 heavy (non-hydrogen) atoms. The topological polar surface area (TPSA) is 31.2 Å². The second kappa shape index (κ2) is 16.0. The van der Waals surface area contributed by atoms with Gasteiger partial charge in [-0.05, 0) is 18.6 Å². The van der Waals surface area contributed by atoms with Crippen molar-refractivity contribution in [2.24, 2.45) is 0 Å². The van der Waals surface area contributed by atoms with Crippen LogP contribution in [0.2, 0.25) is 0 Å². The van der Waals surface area contributed by atoms with Crippen molar-refractivity contribution in [1.82, 2.24) is 4.73 Å². The molecule has 1 aromatic rings. The third-order valence-electron chi connectivity index (χ3n) is 4.72. The van der Waals surface area contributed by atoms with Crippen LogP contribution in [0, 0.1) is 4.64 Å². The van der Waals surface area contributed by atoms with E-state index >= 15 is 0 Å². The summed E-state index contributed by atoms with van der Waals surface area (Å²) in [5, 5.41) is 0. The molecule has 0 N–H and O–H groups in total. The maximum atomic E-state index is 11.8. The van der Waals surface area contributed by atoms with E-state index in [2.05, 4.69) is 6.92 Å². The molecule has 1 heterocycles. The number of carbonyl (C=O) groups excluding carboxylic acids is 1. The van der Waals surface area contributed by atoms with Crippen LogP contribution in [0.15, 0.2) is 24.4 Å². The van der Waals surface area contributed by atoms with E-state index in [1.54, 1.807) is 18.3 Å². The number of pyridine rings is 1. The number of nitrogens with zero attached hydrogens (tertiary/aromatic N) is 1. The Bertz CT molecular complexity index is 527. The highest BCUT2D eigenvalue weighted by Gasteiger charge is 2.04. The van der Waals surface area contributed by atoms with Crippen LogP contribution in [0.4, 0.5) is 0 Å². The Morgan fingerprint density at radius 1 is 0.846 bits per heavy atom. The van der Waals surface area contributed by atoms with Crippen LogP contribution in [0.1, 0.15) is 103 Å². The third kappa shape index (κ3) is 12.2. The standard InChI is InChI=1S/C22H37NO2S/c1-2-3-4-5-6-7-8-9-10-11-12-13-14-15-19-22(24)25-23-20-17-16-18-21(23)26/h16-18,20H,2-15,19H2,1H3. The summed E-state index contributed by atoms with van der Waals surface area (Å²) in [6.07, 6.45) is 20.5. The Morgan fingerprint density at radius 2 is 1.35 bits per heavy atom. The van der Waals surface area contributed by atoms with Gasteiger partial charge in [0.25, 0.3) is 0 Å². The zero-order valence-electron chi connectivity index (χ0n) is 16.6. The average Bonchev–Trinajstić information content (AvgIpc) is 2.64. The molecular weight excluding hydrogens is 342 g/mol. The first-order valence-electron chi connectivity index (χ1n) is 10.6. The molecule has 4 heteroatoms. The number of aromatic nitrogens is 1. The summed E-state index contributed by atoms with van der Waals surface area (Å²) in [5.74, 6) is -0.203. The number of rotatable bonds is 16. The Labute approximate surface area is 165 Å². The van der Waals surface area contributed by atoms with Crippen molar-refractivity contribution in [3.63, 3.8) is 0 Å². The van der Waals surface area contributed by atoms with Crippen molar-refractivity contribution in [1.29, 1.82) is 0 Å². The molecule has 3 nitrogen and oxygen atoms in total. The lowest BCUT2D eigenvalue weighted by Crippen LogP contribution is -2.19. The molecule has 0 aromatic carbocycles. The van der Waals surface area contributed by atoms with Crippen molar-refractivity contribution >= 4 is 18.2 Å². The second-order valence-corrected chi connectivity index (χ2v) is 7.59. The molecular formula is C22H37NO2S. The highest BCUT2D eigenvalue weighted by Crippen LogP contribution is 2.13. The first kappa shape index (κ1) is 22.9. The lowest BCUT2D eigenvalue weighted by atomic mass is 10.0. The summed E-state index contributed by atoms with van der Waals surface area (Å²) >= 11 is 5.10. The van der Waals surface area contributed by atoms with Crippen molar-refractivity contribution in [3.8, 4) is 0 Å². The summed E-state index contributed by atoms with van der Waals surface area (Å²) in [6.45, 7) is 2.27. The molecule has 0 atom stereocenters. The van der Waals surface area contributed by atoms with Crippen molar-refractivity contribution in [2.75, 3.05) is 0 Å². The van der Waals surface area contributed by atoms with E-state index in [1.807, 2.05) is 6.07 Å². The SMILES string of the molecule is CCCCCCCCCCCCCCCCC(=O)On1ccccc1=S. The smallest absolute Gasteiger partial charge is 0.332 e. The van der Waals surface area contributed by atoms with Gasteiger partial charge in [0.15, 0.2) is 0 Å². The summed E-state index contributed by atoms with van der Waals surface area (Å²) in [5.41, 5.74) is 0. The molecule has 1 aromatic heterocycles. The summed E-state index contributed by atoms with van der Waals surface area (Å²) in [6, 6.07) is 5.38. The van der Waals surface area contributed by atoms with Crippen molar-refractivity contribution in [2.45, 2.75) is 103 Å². The predicted molar refractivity (Wildman–Crippen MR) is 112 cm³/mol. The van der Waals surface area contributed by atoms with Crippen LogP contribution in [0.3, 0.4) is 0 Å². The van der Waals surface area contributed by atoms with Crippen LogP contribution >= 0.6 is 12.2 Å². The minimum absolute atomic E-state index is 0.203. The predicted octanol–water partition coefficient (Wildman–Crippen LogP) is 7.04. The summed E-state index contributed by atoms with van der Waals surface area (Å²) < 4.78 is 1.88. The van der Waals surface area contributed by atoms with Gasteiger partial charge >= 0.3 is 5.97 Å². The minimum Gasteiger partial charge on any atom is -0.336 e. The van der Waals surface area contributed by atoms with Gasteiger partial charge in [0, 0.05) is 12.6 Å². The van der Waals surface area contributed by atoms with Gasteiger partial charge < -0.3 is 4.84 Å². The fraction of sp³-hybridized carbons (Fsp3) is 0.727. The summed E-state index contributed by atoms with van der Waals surface area (Å²) in [4.78, 5) is 17.0. The zero-order chi connectivity index (χ0) is 18.9. The van der Waals surface area contributed by atoms with Gasteiger partial charge in [-0.3, -0.25) is 0 Å². The average molecular weight is 380 g/mol. The molecule has 0 saturated heterocycles. The normalized spacial score (nSPS) is 10.8. The molecule has 0 saturated carbocycles. The van der Waals surface area contributed by atoms with Gasteiger partial charge in [-0.1, -0.05) is 109 Å². The molecule has 0 unspecified atom stereocenters. The van der Waals surface area contributed by atoms with Crippen LogP contribution in [-0.4, -0.2) is 10.7 Å². The third-order valence-corrected chi connectivity index (χ3v) is 5.04. The van der Waals surface area contributed by atoms with E-state index in [0.29, 0.717) is 11.1 Å². The molecule has 0 aliphatic heterocycles. The molecule has 0 bridgehead atoms. The highest BCUT2D eigenvalue weighted by atomic mass is 32.1. The Hall–Kier alpha value is -1.16. The lowest BCUT2D eigenvalue weighted by molar-refractivity contribution is -0.144. The number of hydrogen-bond acceptors (Lipinski definition) is 3. The maximum Gasteiger partial charge on any atom is 0.332 e. The molecule has 0 radical (unpaired) electrons. The Balaban J connectivity index is 1.85. The minimum atomic E-state index is -0.203. The van der Waals surface area contributed by atoms with Gasteiger partial charge in [0.2, 0.25) is 0 Å². The highest BCUT2D eigenvalue weighted by molar-refractivity contribution is 7.71. The second-order valence-electron chi connectivity index (χ2n) is 7.17. The van der Waals surface area contributed by atoms with Crippen LogP contribution in [0.25, 0.3) is 0 Å². The quantitative estimate of drug-likeness (QED) is 0.228. The molecule has 0 fully saturated rings. The van der Waals surface area contributed by atoms with Crippen LogP contribution < -0.4 is 4.84 Å². The first-order valence-corrected chi connectivity index (χ1v) is 11.0. The molecule has 0 amide bonds. The number of hydrogen-bond donors (Lipinski definition) is 0. The number of unbranched alkanes of at least 4 members (excludes halogenated alkanes) is 13. The van der Waals surface area contributed by atoms with Crippen molar-refractivity contribution in [3.05, 3.63) is 29.0 Å². The van der Waals surface area contributed by atoms with Gasteiger partial charge in [-0.15, -0.1) is 0 Å². The first-order chi connectivity index (χ1) is 12.7. The van der Waals surface area contributed by atoms with Gasteiger partial charge in [-0.2, -0.15) is 4.73 Å². The Kier molecular flexibility index (Phi) is 14.1. The largest absolute Gasteiger partial charge is 0.336 e. The number of carbonyl (C=O) groups is 1. The van der Waals surface area contributed by atoms with Crippen LogP contribution in [-0.2, 0) is 4.79 Å². The monoisotopic (exact) mass is 379 g/mol. The molecule has 0 aliphatic rings. The van der Waals surface area contributed by atoms with E-state index in [0.717, 1.165) is 12.8 Å². The molecule has 1 rings (SSSR count). The van der Waals surface area contributed by atoms with Gasteiger partial charge in [0.1, 0.15) is 4.64 Å². The lowest BCUT2D eigenvalue weighted by Gasteiger charge is -2.06. The van der Waals surface area contributed by atoms with E-state index in [4.69, 9.17) is 17.1 Å². The van der Waals surface area contributed by atoms with E-state index < -0.39 is 0 Å². The van der Waals surface area contributed by atoms with E-state index in [1.165, 1.54) is 81.8 Å². The molecule has 0 aliphatic carbocycles. The van der Waals surface area contributed by atoms with E-state index in [-0.39, 0.29) is 5.97 Å². The maximum absolute atomic E-state index is 11.8. The fourth-order valence-electron chi connectivity index (χ4n) is 3.11. The van der Waals surface area contributed by atoms with Gasteiger partial charge in [-0.25, -0.2) is 4.79 Å². The zero-order valence-corrected chi connectivity index (χ0v) is 17.4. The molecule has 0 spiro atoms. The van der Waals surface area contributed by atoms with Crippen molar-refractivity contribution < 1.29 is 9.63 Å². The van der Waals surface area contributed by atoms with Gasteiger partial charge in [0.05, 0.1) is 0 Å². The fourth-order valence-corrected chi connectivity index (χ4v) is 3.28. The Morgan fingerprint density at radius 3 is 1.85 bits per heavy atom. The van der Waals surface area contributed by atoms with E-state index in [9.17, 15) is 4.79 Å². The van der Waals surface area contributed by atoms with Crippen LogP contribution in [0.5, 0.6) is 0 Å². The molecule has 148 valence electrons. The summed E-state index contributed by atoms with van der Waals surface area (Å²) in [7, 11) is 0.